The van der Waals surface area contributed by atoms with E-state index < -0.39 is 0 Å². The monoisotopic (exact) mass is 359 g/mol. The third-order valence-electron chi connectivity index (χ3n) is 6.98. The van der Waals surface area contributed by atoms with Crippen molar-refractivity contribution in [2.24, 2.45) is 17.3 Å². The fourth-order valence-corrected chi connectivity index (χ4v) is 7.11. The summed E-state index contributed by atoms with van der Waals surface area (Å²) in [7, 11) is 0. The summed E-state index contributed by atoms with van der Waals surface area (Å²) in [5.74, 6) is 2.77. The molecule has 0 spiro atoms. The van der Waals surface area contributed by atoms with Crippen LogP contribution in [0.4, 0.5) is 5.82 Å². The molecule has 25 heavy (non-hydrogen) atoms. The first-order chi connectivity index (χ1) is 12.1. The van der Waals surface area contributed by atoms with Gasteiger partial charge < -0.3 is 9.80 Å². The summed E-state index contributed by atoms with van der Waals surface area (Å²) < 4.78 is 0. The first-order valence-corrected chi connectivity index (χ1v) is 10.1. The second-order valence-corrected chi connectivity index (χ2v) is 9.66. The minimum absolute atomic E-state index is 0.0878. The summed E-state index contributed by atoms with van der Waals surface area (Å²) in [6, 6.07) is 6.02. The molecule has 5 fully saturated rings. The minimum Gasteiger partial charge on any atom is -0.353 e. The number of nitrogens with zero attached hydrogens (tertiary/aromatic N) is 3. The molecule has 2 heterocycles. The summed E-state index contributed by atoms with van der Waals surface area (Å²) in [5.41, 5.74) is -0.154. The van der Waals surface area contributed by atoms with E-state index in [4.69, 9.17) is 11.6 Å². The molecule has 0 N–H and O–H groups in total. The molecule has 4 nitrogen and oxygen atoms in total. The summed E-state index contributed by atoms with van der Waals surface area (Å²) in [4.78, 5) is 22.2. The van der Waals surface area contributed by atoms with E-state index in [2.05, 4.69) is 14.8 Å². The molecule has 0 radical (unpaired) electrons. The van der Waals surface area contributed by atoms with Crippen LogP contribution in [0.15, 0.2) is 24.4 Å². The van der Waals surface area contributed by atoms with E-state index in [9.17, 15) is 4.79 Å². The number of carbonyl (C=O) groups is 1. The van der Waals surface area contributed by atoms with Gasteiger partial charge in [-0.25, -0.2) is 4.98 Å². The molecule has 4 bridgehead atoms. The molecule has 6 rings (SSSR count). The Morgan fingerprint density at radius 1 is 1.08 bits per heavy atom. The van der Waals surface area contributed by atoms with Crippen molar-refractivity contribution in [3.05, 3.63) is 24.4 Å². The van der Waals surface area contributed by atoms with Crippen molar-refractivity contribution in [1.29, 1.82) is 0 Å². The normalized spacial score (nSPS) is 39.7. The zero-order valence-corrected chi connectivity index (χ0v) is 15.4. The number of aromatic nitrogens is 1. The Morgan fingerprint density at radius 2 is 1.80 bits per heavy atom. The standard InChI is InChI=1S/C20H26ClN3O/c21-20-12-15-9-16(13-20)11-19(10-15,14-20)18(25)24-7-5-23(6-8-24)17-3-1-2-4-22-17/h1-4,15-16H,5-14H2. The molecule has 1 aromatic heterocycles. The molecule has 134 valence electrons. The number of halogens is 1. The van der Waals surface area contributed by atoms with Crippen LogP contribution in [0.3, 0.4) is 0 Å². The van der Waals surface area contributed by atoms with Crippen molar-refractivity contribution in [3.8, 4) is 0 Å². The van der Waals surface area contributed by atoms with Gasteiger partial charge in [0.05, 0.1) is 5.41 Å². The maximum Gasteiger partial charge on any atom is 0.228 e. The topological polar surface area (TPSA) is 36.4 Å². The van der Waals surface area contributed by atoms with Gasteiger partial charge in [0.2, 0.25) is 5.91 Å². The highest BCUT2D eigenvalue weighted by molar-refractivity contribution is 6.24. The first kappa shape index (κ1) is 15.9. The Hall–Kier alpha value is -1.29. The number of alkyl halides is 1. The zero-order valence-electron chi connectivity index (χ0n) is 14.7. The number of hydrogen-bond donors (Lipinski definition) is 0. The van der Waals surface area contributed by atoms with Crippen molar-refractivity contribution >= 4 is 23.3 Å². The lowest BCUT2D eigenvalue weighted by Crippen LogP contribution is -2.61. The van der Waals surface area contributed by atoms with Crippen molar-refractivity contribution in [1.82, 2.24) is 9.88 Å². The van der Waals surface area contributed by atoms with Gasteiger partial charge in [-0.05, 0) is 62.5 Å². The highest BCUT2D eigenvalue weighted by Gasteiger charge is 2.60. The number of hydrogen-bond acceptors (Lipinski definition) is 3. The van der Waals surface area contributed by atoms with Gasteiger partial charge >= 0.3 is 0 Å². The second kappa shape index (κ2) is 5.60. The number of rotatable bonds is 2. The number of anilines is 1. The number of carbonyl (C=O) groups excluding carboxylic acids is 1. The van der Waals surface area contributed by atoms with E-state index >= 15 is 0 Å². The van der Waals surface area contributed by atoms with Crippen LogP contribution in [0, 0.1) is 17.3 Å². The molecular formula is C20H26ClN3O. The van der Waals surface area contributed by atoms with Crippen LogP contribution in [-0.2, 0) is 4.79 Å². The van der Waals surface area contributed by atoms with Crippen LogP contribution in [0.1, 0.15) is 38.5 Å². The Labute approximate surface area is 154 Å². The van der Waals surface area contributed by atoms with Crippen LogP contribution in [-0.4, -0.2) is 46.8 Å². The summed E-state index contributed by atoms with van der Waals surface area (Å²) >= 11 is 6.92. The maximum atomic E-state index is 13.5. The van der Waals surface area contributed by atoms with Gasteiger partial charge in [0.25, 0.3) is 0 Å². The van der Waals surface area contributed by atoms with E-state index in [1.165, 1.54) is 6.42 Å². The Bertz CT molecular complexity index is 657. The van der Waals surface area contributed by atoms with Crippen molar-refractivity contribution < 1.29 is 4.79 Å². The molecule has 1 saturated heterocycles. The molecule has 0 aromatic carbocycles. The van der Waals surface area contributed by atoms with Crippen LogP contribution >= 0.6 is 11.6 Å². The average Bonchev–Trinajstić information content (AvgIpc) is 2.60. The molecular weight excluding hydrogens is 334 g/mol. The Kier molecular flexibility index (Phi) is 3.57. The summed E-state index contributed by atoms with van der Waals surface area (Å²) in [6.45, 7) is 3.36. The van der Waals surface area contributed by atoms with Gasteiger partial charge in [0.15, 0.2) is 0 Å². The van der Waals surface area contributed by atoms with E-state index in [-0.39, 0.29) is 10.3 Å². The fourth-order valence-electron chi connectivity index (χ4n) is 6.42. The Morgan fingerprint density at radius 3 is 2.40 bits per heavy atom. The maximum absolute atomic E-state index is 13.5. The van der Waals surface area contributed by atoms with Gasteiger partial charge in [-0.3, -0.25) is 4.79 Å². The molecule has 2 unspecified atom stereocenters. The molecule has 2 atom stereocenters. The predicted octanol–water partition coefficient (Wildman–Crippen LogP) is 3.31. The molecule has 4 saturated carbocycles. The van der Waals surface area contributed by atoms with Crippen LogP contribution in [0.25, 0.3) is 0 Å². The SMILES string of the molecule is O=C(N1CCN(c2ccccn2)CC1)C12CC3CC(CC(Cl)(C3)C1)C2. The third-order valence-corrected chi connectivity index (χ3v) is 7.43. The van der Waals surface area contributed by atoms with E-state index in [1.807, 2.05) is 24.4 Å². The van der Waals surface area contributed by atoms with Crippen LogP contribution < -0.4 is 4.90 Å². The quantitative estimate of drug-likeness (QED) is 0.760. The van der Waals surface area contributed by atoms with Gasteiger partial charge in [0, 0.05) is 37.3 Å². The lowest BCUT2D eigenvalue weighted by atomic mass is 9.49. The van der Waals surface area contributed by atoms with E-state index in [1.54, 1.807) is 0 Å². The van der Waals surface area contributed by atoms with Crippen LogP contribution in [0.2, 0.25) is 0 Å². The molecule has 1 aromatic rings. The van der Waals surface area contributed by atoms with Gasteiger partial charge in [-0.15, -0.1) is 11.6 Å². The van der Waals surface area contributed by atoms with Crippen molar-refractivity contribution in [2.75, 3.05) is 31.1 Å². The van der Waals surface area contributed by atoms with E-state index in [0.29, 0.717) is 17.7 Å². The summed E-state index contributed by atoms with van der Waals surface area (Å²) in [6.07, 6.45) is 8.47. The van der Waals surface area contributed by atoms with Crippen LogP contribution in [0.5, 0.6) is 0 Å². The molecule has 1 amide bonds. The molecule has 4 aliphatic carbocycles. The third kappa shape index (κ3) is 2.64. The summed E-state index contributed by atoms with van der Waals surface area (Å²) in [5, 5.41) is 0. The fraction of sp³-hybridized carbons (Fsp3) is 0.700. The van der Waals surface area contributed by atoms with Crippen molar-refractivity contribution in [2.45, 2.75) is 43.4 Å². The predicted molar refractivity (Wildman–Crippen MR) is 98.7 cm³/mol. The van der Waals surface area contributed by atoms with Gasteiger partial charge in [-0.2, -0.15) is 0 Å². The number of amides is 1. The molecule has 1 aliphatic heterocycles. The molecule has 5 heteroatoms. The molecule has 5 aliphatic rings. The number of piperazine rings is 1. The highest BCUT2D eigenvalue weighted by atomic mass is 35.5. The van der Waals surface area contributed by atoms with E-state index in [0.717, 1.165) is 64.1 Å². The smallest absolute Gasteiger partial charge is 0.228 e. The zero-order chi connectivity index (χ0) is 17.1. The van der Waals surface area contributed by atoms with Crippen molar-refractivity contribution in [3.63, 3.8) is 0 Å². The minimum atomic E-state index is -0.154. The highest BCUT2D eigenvalue weighted by Crippen LogP contribution is 2.64. The first-order valence-electron chi connectivity index (χ1n) is 9.70. The van der Waals surface area contributed by atoms with Gasteiger partial charge in [-0.1, -0.05) is 6.07 Å². The number of pyridine rings is 1. The largest absolute Gasteiger partial charge is 0.353 e. The lowest BCUT2D eigenvalue weighted by molar-refractivity contribution is -0.156. The van der Waals surface area contributed by atoms with Gasteiger partial charge in [0.1, 0.15) is 5.82 Å². The average molecular weight is 360 g/mol. The second-order valence-electron chi connectivity index (χ2n) is 8.86. The lowest BCUT2D eigenvalue weighted by Gasteiger charge is -2.60. The Balaban J connectivity index is 1.30.